The number of nitrogens with one attached hydrogen (secondary N) is 1. The normalized spacial score (nSPS) is 18.9. The molecule has 1 aliphatic rings. The molecule has 0 bridgehead atoms. The van der Waals surface area contributed by atoms with Gasteiger partial charge in [0.2, 0.25) is 0 Å². The molecule has 2 aromatic heterocycles. The average Bonchev–Trinajstić information content (AvgIpc) is 2.89. The first-order valence-electron chi connectivity index (χ1n) is 6.54. The highest BCUT2D eigenvalue weighted by Gasteiger charge is 2.31. The van der Waals surface area contributed by atoms with Crippen molar-refractivity contribution in [2.45, 2.75) is 37.6 Å². The molecule has 2 aromatic rings. The fraction of sp³-hybridized carbons (Fsp3) is 0.500. The molecule has 3 rings (SSSR count). The van der Waals surface area contributed by atoms with Crippen molar-refractivity contribution in [3.05, 3.63) is 23.7 Å². The number of aromatic nitrogens is 1. The maximum Gasteiger partial charge on any atom is 0.135 e. The highest BCUT2D eigenvalue weighted by Crippen LogP contribution is 2.34. The SMILES string of the molecule is OCC1(Nc2nccc3sccc23)CCCCC1. The number of fused-ring (bicyclic) bond motifs is 1. The maximum absolute atomic E-state index is 9.74. The third-order valence-corrected chi connectivity index (χ3v) is 4.76. The number of anilines is 1. The van der Waals surface area contributed by atoms with Crippen LogP contribution in [0.5, 0.6) is 0 Å². The fourth-order valence-corrected chi connectivity index (χ4v) is 3.58. The van der Waals surface area contributed by atoms with Crippen LogP contribution < -0.4 is 5.32 Å². The standard InChI is InChI=1S/C14H18N2OS/c17-10-14(6-2-1-3-7-14)16-13-11-5-9-18-12(11)4-8-15-13/h4-5,8-9,17H,1-3,6-7,10H2,(H,15,16). The van der Waals surface area contributed by atoms with Crippen LogP contribution in [0.3, 0.4) is 0 Å². The summed E-state index contributed by atoms with van der Waals surface area (Å²) in [5.41, 5.74) is -0.165. The molecule has 0 unspecified atom stereocenters. The van der Waals surface area contributed by atoms with Gasteiger partial charge in [0, 0.05) is 16.3 Å². The lowest BCUT2D eigenvalue weighted by Crippen LogP contribution is -2.44. The van der Waals surface area contributed by atoms with Crippen molar-refractivity contribution in [2.75, 3.05) is 11.9 Å². The molecule has 4 heteroatoms. The molecule has 18 heavy (non-hydrogen) atoms. The minimum absolute atomic E-state index is 0.165. The van der Waals surface area contributed by atoms with E-state index < -0.39 is 0 Å². The predicted molar refractivity (Wildman–Crippen MR) is 76.1 cm³/mol. The van der Waals surface area contributed by atoms with Gasteiger partial charge in [0.25, 0.3) is 0 Å². The number of aliphatic hydroxyl groups excluding tert-OH is 1. The lowest BCUT2D eigenvalue weighted by atomic mass is 9.82. The van der Waals surface area contributed by atoms with Crippen LogP contribution in [-0.4, -0.2) is 22.2 Å². The zero-order valence-electron chi connectivity index (χ0n) is 10.4. The van der Waals surface area contributed by atoms with Crippen LogP contribution >= 0.6 is 11.3 Å². The van der Waals surface area contributed by atoms with Crippen LogP contribution in [0, 0.1) is 0 Å². The summed E-state index contributed by atoms with van der Waals surface area (Å²) < 4.78 is 1.25. The first-order chi connectivity index (χ1) is 8.83. The Bertz CT molecular complexity index is 531. The van der Waals surface area contributed by atoms with Crippen molar-refractivity contribution in [1.29, 1.82) is 0 Å². The van der Waals surface area contributed by atoms with Crippen LogP contribution in [0.2, 0.25) is 0 Å². The summed E-state index contributed by atoms with van der Waals surface area (Å²) in [5, 5.41) is 16.5. The fourth-order valence-electron chi connectivity index (χ4n) is 2.80. The van der Waals surface area contributed by atoms with Crippen molar-refractivity contribution in [3.8, 4) is 0 Å². The largest absolute Gasteiger partial charge is 0.394 e. The minimum Gasteiger partial charge on any atom is -0.394 e. The van der Waals surface area contributed by atoms with Crippen molar-refractivity contribution >= 4 is 27.2 Å². The number of aliphatic hydroxyl groups is 1. The van der Waals surface area contributed by atoms with Gasteiger partial charge in [-0.25, -0.2) is 4.98 Å². The average molecular weight is 262 g/mol. The quantitative estimate of drug-likeness (QED) is 0.891. The minimum atomic E-state index is -0.165. The van der Waals surface area contributed by atoms with Gasteiger partial charge in [-0.3, -0.25) is 0 Å². The molecular formula is C14H18N2OS. The Kier molecular flexibility index (Phi) is 3.22. The molecule has 0 amide bonds. The molecule has 2 N–H and O–H groups in total. The molecule has 3 nitrogen and oxygen atoms in total. The Morgan fingerprint density at radius 2 is 2.11 bits per heavy atom. The Balaban J connectivity index is 1.92. The van der Waals surface area contributed by atoms with Gasteiger partial charge in [0.15, 0.2) is 0 Å². The summed E-state index contributed by atoms with van der Waals surface area (Å²) in [6, 6.07) is 4.14. The van der Waals surface area contributed by atoms with Gasteiger partial charge in [-0.2, -0.15) is 0 Å². The summed E-state index contributed by atoms with van der Waals surface area (Å²) in [7, 11) is 0. The first kappa shape index (κ1) is 11.9. The van der Waals surface area contributed by atoms with E-state index in [9.17, 15) is 5.11 Å². The van der Waals surface area contributed by atoms with E-state index in [0.29, 0.717) is 0 Å². The highest BCUT2D eigenvalue weighted by molar-refractivity contribution is 7.17. The number of thiophene rings is 1. The van der Waals surface area contributed by atoms with Crippen molar-refractivity contribution in [2.24, 2.45) is 0 Å². The van der Waals surface area contributed by atoms with E-state index in [1.165, 1.54) is 29.3 Å². The topological polar surface area (TPSA) is 45.1 Å². The lowest BCUT2D eigenvalue weighted by Gasteiger charge is -2.37. The molecule has 2 heterocycles. The van der Waals surface area contributed by atoms with Crippen molar-refractivity contribution < 1.29 is 5.11 Å². The number of hydrogen-bond acceptors (Lipinski definition) is 4. The zero-order valence-corrected chi connectivity index (χ0v) is 11.2. The number of nitrogens with zero attached hydrogens (tertiary/aromatic N) is 1. The molecule has 0 aromatic carbocycles. The second-order valence-corrected chi connectivity index (χ2v) is 6.06. The third kappa shape index (κ3) is 2.10. The molecule has 96 valence electrons. The Morgan fingerprint density at radius 1 is 1.28 bits per heavy atom. The van der Waals surface area contributed by atoms with E-state index in [4.69, 9.17) is 0 Å². The predicted octanol–water partition coefficient (Wildman–Crippen LogP) is 3.40. The van der Waals surface area contributed by atoms with E-state index in [0.717, 1.165) is 18.7 Å². The van der Waals surface area contributed by atoms with Crippen molar-refractivity contribution in [3.63, 3.8) is 0 Å². The molecule has 1 fully saturated rings. The van der Waals surface area contributed by atoms with Gasteiger partial charge >= 0.3 is 0 Å². The molecule has 0 radical (unpaired) electrons. The molecule has 1 aliphatic carbocycles. The van der Waals surface area contributed by atoms with Crippen LogP contribution in [0.1, 0.15) is 32.1 Å². The number of pyridine rings is 1. The summed E-state index contributed by atoms with van der Waals surface area (Å²) >= 11 is 1.73. The monoisotopic (exact) mass is 262 g/mol. The van der Waals surface area contributed by atoms with Crippen LogP contribution in [0.15, 0.2) is 23.7 Å². The molecular weight excluding hydrogens is 244 g/mol. The molecule has 0 aliphatic heterocycles. The highest BCUT2D eigenvalue weighted by atomic mass is 32.1. The van der Waals surface area contributed by atoms with Gasteiger partial charge in [0.05, 0.1) is 12.1 Å². The Hall–Kier alpha value is -1.13. The lowest BCUT2D eigenvalue weighted by molar-refractivity contribution is 0.172. The third-order valence-electron chi connectivity index (χ3n) is 3.88. The molecule has 1 saturated carbocycles. The van der Waals surface area contributed by atoms with E-state index in [1.807, 2.05) is 12.3 Å². The summed E-state index contributed by atoms with van der Waals surface area (Å²) in [6.07, 6.45) is 7.56. The van der Waals surface area contributed by atoms with Gasteiger partial charge in [-0.1, -0.05) is 19.3 Å². The number of rotatable bonds is 3. The Morgan fingerprint density at radius 3 is 2.89 bits per heavy atom. The van der Waals surface area contributed by atoms with Gasteiger partial charge in [0.1, 0.15) is 5.82 Å². The Labute approximate surface area is 111 Å². The number of hydrogen-bond donors (Lipinski definition) is 2. The van der Waals surface area contributed by atoms with Crippen LogP contribution in [0.4, 0.5) is 5.82 Å². The molecule has 0 saturated heterocycles. The van der Waals surface area contributed by atoms with Gasteiger partial charge in [-0.15, -0.1) is 11.3 Å². The van der Waals surface area contributed by atoms with Gasteiger partial charge in [-0.05, 0) is 30.4 Å². The van der Waals surface area contributed by atoms with E-state index in [2.05, 4.69) is 21.7 Å². The van der Waals surface area contributed by atoms with E-state index in [-0.39, 0.29) is 12.1 Å². The first-order valence-corrected chi connectivity index (χ1v) is 7.42. The van der Waals surface area contributed by atoms with Crippen molar-refractivity contribution in [1.82, 2.24) is 4.98 Å². The van der Waals surface area contributed by atoms with E-state index >= 15 is 0 Å². The smallest absolute Gasteiger partial charge is 0.135 e. The second-order valence-electron chi connectivity index (χ2n) is 5.12. The van der Waals surface area contributed by atoms with Crippen LogP contribution in [-0.2, 0) is 0 Å². The molecule has 0 atom stereocenters. The van der Waals surface area contributed by atoms with Gasteiger partial charge < -0.3 is 10.4 Å². The summed E-state index contributed by atoms with van der Waals surface area (Å²) in [6.45, 7) is 0.190. The second kappa shape index (κ2) is 4.86. The molecule has 0 spiro atoms. The van der Waals surface area contributed by atoms with Crippen LogP contribution in [0.25, 0.3) is 10.1 Å². The summed E-state index contributed by atoms with van der Waals surface area (Å²) in [4.78, 5) is 4.45. The zero-order chi connectivity index (χ0) is 12.4. The van der Waals surface area contributed by atoms with E-state index in [1.54, 1.807) is 11.3 Å². The summed E-state index contributed by atoms with van der Waals surface area (Å²) in [5.74, 6) is 0.921. The maximum atomic E-state index is 9.74.